The lowest BCUT2D eigenvalue weighted by molar-refractivity contribution is -0.139. The van der Waals surface area contributed by atoms with Crippen molar-refractivity contribution in [1.82, 2.24) is 4.90 Å². The first-order chi connectivity index (χ1) is 8.52. The van der Waals surface area contributed by atoms with E-state index < -0.39 is 5.97 Å². The molecule has 18 heavy (non-hydrogen) atoms. The molecular weight excluding hydrogens is 226 g/mol. The minimum atomic E-state index is -0.686. The summed E-state index contributed by atoms with van der Waals surface area (Å²) in [5.41, 5.74) is 0. The number of rotatable bonds is 7. The summed E-state index contributed by atoms with van der Waals surface area (Å²) in [5, 5.41) is 9.01. The number of carboxylic acid groups (broad SMARTS) is 1. The molecule has 2 unspecified atom stereocenters. The molecule has 0 bridgehead atoms. The van der Waals surface area contributed by atoms with Crippen molar-refractivity contribution >= 4 is 5.97 Å². The third-order valence-electron chi connectivity index (χ3n) is 3.93. The van der Waals surface area contributed by atoms with Gasteiger partial charge in [0.1, 0.15) is 0 Å². The van der Waals surface area contributed by atoms with E-state index in [2.05, 4.69) is 25.7 Å². The summed E-state index contributed by atoms with van der Waals surface area (Å²) >= 11 is 0. The fourth-order valence-electron chi connectivity index (χ4n) is 3.33. The summed E-state index contributed by atoms with van der Waals surface area (Å²) < 4.78 is 0. The topological polar surface area (TPSA) is 40.5 Å². The standard InChI is InChI=1S/C15H29NO2/c1-4-8-16(11-15(17)18)14-7-5-6-13(10-14)9-12(2)3/h12-14H,4-11H2,1-3H3,(H,17,18). The number of aliphatic carboxylic acids is 1. The Morgan fingerprint density at radius 1 is 1.39 bits per heavy atom. The number of carbonyl (C=O) groups is 1. The molecule has 1 N–H and O–H groups in total. The number of nitrogens with zero attached hydrogens (tertiary/aromatic N) is 1. The van der Waals surface area contributed by atoms with Crippen LogP contribution in [0.3, 0.4) is 0 Å². The van der Waals surface area contributed by atoms with Crippen molar-refractivity contribution in [3.05, 3.63) is 0 Å². The van der Waals surface area contributed by atoms with Crippen LogP contribution >= 0.6 is 0 Å². The minimum absolute atomic E-state index is 0.215. The van der Waals surface area contributed by atoms with Crippen molar-refractivity contribution in [3.8, 4) is 0 Å². The molecule has 1 aliphatic rings. The molecule has 1 rings (SSSR count). The maximum Gasteiger partial charge on any atom is 0.317 e. The van der Waals surface area contributed by atoms with E-state index in [9.17, 15) is 4.79 Å². The van der Waals surface area contributed by atoms with Crippen LogP contribution in [0.1, 0.15) is 59.3 Å². The van der Waals surface area contributed by atoms with Gasteiger partial charge in [-0.25, -0.2) is 0 Å². The molecular formula is C15H29NO2. The summed E-state index contributed by atoms with van der Waals surface area (Å²) in [5.74, 6) is 0.874. The second-order valence-corrected chi connectivity index (χ2v) is 6.18. The lowest BCUT2D eigenvalue weighted by atomic mass is 9.80. The van der Waals surface area contributed by atoms with Crippen LogP contribution in [0.15, 0.2) is 0 Å². The Kier molecular flexibility index (Phi) is 6.69. The predicted octanol–water partition coefficient (Wildman–Crippen LogP) is 3.39. The van der Waals surface area contributed by atoms with Crippen LogP contribution in [0, 0.1) is 11.8 Å². The van der Waals surface area contributed by atoms with Crippen LogP contribution in [0.25, 0.3) is 0 Å². The van der Waals surface area contributed by atoms with Crippen LogP contribution in [0.4, 0.5) is 0 Å². The average molecular weight is 255 g/mol. The Morgan fingerprint density at radius 3 is 2.67 bits per heavy atom. The van der Waals surface area contributed by atoms with Gasteiger partial charge in [-0.15, -0.1) is 0 Å². The van der Waals surface area contributed by atoms with Gasteiger partial charge in [-0.1, -0.05) is 33.6 Å². The monoisotopic (exact) mass is 255 g/mol. The Balaban J connectivity index is 2.52. The molecule has 1 saturated carbocycles. The van der Waals surface area contributed by atoms with Gasteiger partial charge in [-0.2, -0.15) is 0 Å². The van der Waals surface area contributed by atoms with Crippen molar-refractivity contribution in [2.24, 2.45) is 11.8 Å². The van der Waals surface area contributed by atoms with Crippen molar-refractivity contribution in [3.63, 3.8) is 0 Å². The highest BCUT2D eigenvalue weighted by Crippen LogP contribution is 2.31. The number of hydrogen-bond donors (Lipinski definition) is 1. The largest absolute Gasteiger partial charge is 0.480 e. The van der Waals surface area contributed by atoms with Crippen LogP contribution < -0.4 is 0 Å². The summed E-state index contributed by atoms with van der Waals surface area (Å²) in [6.45, 7) is 7.83. The Hall–Kier alpha value is -0.570. The lowest BCUT2D eigenvalue weighted by Gasteiger charge is -2.37. The van der Waals surface area contributed by atoms with Crippen molar-refractivity contribution < 1.29 is 9.90 Å². The first kappa shape index (κ1) is 15.5. The molecule has 0 aromatic carbocycles. The Bertz CT molecular complexity index is 253. The molecule has 0 spiro atoms. The molecule has 0 amide bonds. The molecule has 0 aromatic rings. The Labute approximate surface area is 112 Å². The molecule has 0 radical (unpaired) electrons. The third kappa shape index (κ3) is 5.38. The molecule has 0 aliphatic heterocycles. The van der Waals surface area contributed by atoms with Crippen LogP contribution in [0.5, 0.6) is 0 Å². The van der Waals surface area contributed by atoms with Crippen LogP contribution in [-0.4, -0.2) is 35.1 Å². The first-order valence-electron chi connectivity index (χ1n) is 7.48. The SMILES string of the molecule is CCCN(CC(=O)O)C1CCCC(CC(C)C)C1. The fourth-order valence-corrected chi connectivity index (χ4v) is 3.33. The molecule has 3 heteroatoms. The second-order valence-electron chi connectivity index (χ2n) is 6.18. The summed E-state index contributed by atoms with van der Waals surface area (Å²) in [6, 6.07) is 0.499. The fraction of sp³-hybridized carbons (Fsp3) is 0.933. The zero-order chi connectivity index (χ0) is 13.5. The quantitative estimate of drug-likeness (QED) is 0.758. The van der Waals surface area contributed by atoms with Gasteiger partial charge >= 0.3 is 5.97 Å². The zero-order valence-electron chi connectivity index (χ0n) is 12.2. The molecule has 0 aromatic heterocycles. The normalized spacial score (nSPS) is 24.7. The lowest BCUT2D eigenvalue weighted by Crippen LogP contribution is -2.42. The van der Waals surface area contributed by atoms with Gasteiger partial charge in [0.15, 0.2) is 0 Å². The average Bonchev–Trinajstić information content (AvgIpc) is 2.27. The zero-order valence-corrected chi connectivity index (χ0v) is 12.2. The van der Waals surface area contributed by atoms with Gasteiger partial charge in [0.2, 0.25) is 0 Å². The van der Waals surface area contributed by atoms with Crippen LogP contribution in [0.2, 0.25) is 0 Å². The molecule has 106 valence electrons. The van der Waals surface area contributed by atoms with Gasteiger partial charge in [0, 0.05) is 6.04 Å². The maximum atomic E-state index is 10.9. The molecule has 1 fully saturated rings. The third-order valence-corrected chi connectivity index (χ3v) is 3.93. The van der Waals surface area contributed by atoms with E-state index in [0.717, 1.165) is 24.8 Å². The van der Waals surface area contributed by atoms with Crippen LogP contribution in [-0.2, 0) is 4.79 Å². The van der Waals surface area contributed by atoms with Gasteiger partial charge in [0.05, 0.1) is 6.54 Å². The number of carboxylic acids is 1. The van der Waals surface area contributed by atoms with Gasteiger partial charge in [-0.05, 0) is 44.1 Å². The summed E-state index contributed by atoms with van der Waals surface area (Å²) in [4.78, 5) is 13.1. The van der Waals surface area contributed by atoms with Crippen molar-refractivity contribution in [2.75, 3.05) is 13.1 Å². The molecule has 0 heterocycles. The van der Waals surface area contributed by atoms with Gasteiger partial charge in [-0.3, -0.25) is 9.69 Å². The molecule has 3 nitrogen and oxygen atoms in total. The van der Waals surface area contributed by atoms with E-state index in [1.165, 1.54) is 32.1 Å². The van der Waals surface area contributed by atoms with Crippen molar-refractivity contribution in [2.45, 2.75) is 65.3 Å². The Morgan fingerprint density at radius 2 is 2.11 bits per heavy atom. The smallest absolute Gasteiger partial charge is 0.317 e. The molecule has 0 saturated heterocycles. The molecule has 1 aliphatic carbocycles. The maximum absolute atomic E-state index is 10.9. The molecule has 2 atom stereocenters. The van der Waals surface area contributed by atoms with E-state index >= 15 is 0 Å². The van der Waals surface area contributed by atoms with E-state index in [-0.39, 0.29) is 6.54 Å². The predicted molar refractivity (Wildman–Crippen MR) is 74.7 cm³/mol. The first-order valence-corrected chi connectivity index (χ1v) is 7.48. The highest BCUT2D eigenvalue weighted by molar-refractivity contribution is 5.69. The number of hydrogen-bond acceptors (Lipinski definition) is 2. The van der Waals surface area contributed by atoms with E-state index in [1.54, 1.807) is 0 Å². The van der Waals surface area contributed by atoms with E-state index in [0.29, 0.717) is 6.04 Å². The van der Waals surface area contributed by atoms with Crippen molar-refractivity contribution in [1.29, 1.82) is 0 Å². The summed E-state index contributed by atoms with van der Waals surface area (Å²) in [6.07, 6.45) is 7.32. The van der Waals surface area contributed by atoms with E-state index in [1.807, 2.05) is 0 Å². The van der Waals surface area contributed by atoms with Gasteiger partial charge < -0.3 is 5.11 Å². The highest BCUT2D eigenvalue weighted by atomic mass is 16.4. The van der Waals surface area contributed by atoms with E-state index in [4.69, 9.17) is 5.11 Å². The highest BCUT2D eigenvalue weighted by Gasteiger charge is 2.27. The second kappa shape index (κ2) is 7.78. The minimum Gasteiger partial charge on any atom is -0.480 e. The van der Waals surface area contributed by atoms with Gasteiger partial charge in [0.25, 0.3) is 0 Å². The summed E-state index contributed by atoms with van der Waals surface area (Å²) in [7, 11) is 0.